The first-order valence-electron chi connectivity index (χ1n) is 7.05. The van der Waals surface area contributed by atoms with Gasteiger partial charge in [-0.3, -0.25) is 0 Å². The fraction of sp³-hybridized carbons (Fsp3) is 0.176. The first-order valence-corrected chi connectivity index (χ1v) is 7.43. The van der Waals surface area contributed by atoms with Crippen molar-refractivity contribution in [3.05, 3.63) is 70.6 Å². The van der Waals surface area contributed by atoms with Gasteiger partial charge in [-0.05, 0) is 36.8 Å². The average molecular weight is 314 g/mol. The van der Waals surface area contributed by atoms with Crippen LogP contribution in [0, 0.1) is 6.92 Å². The lowest BCUT2D eigenvalue weighted by molar-refractivity contribution is 0.477. The van der Waals surface area contributed by atoms with Gasteiger partial charge < -0.3 is 9.73 Å². The Kier molecular flexibility index (Phi) is 4.51. The van der Waals surface area contributed by atoms with E-state index in [9.17, 15) is 0 Å². The van der Waals surface area contributed by atoms with Gasteiger partial charge in [0, 0.05) is 17.1 Å². The minimum absolute atomic E-state index is 0.504. The number of benzene rings is 2. The summed E-state index contributed by atoms with van der Waals surface area (Å²) in [6, 6.07) is 15.7. The van der Waals surface area contributed by atoms with Gasteiger partial charge in [-0.1, -0.05) is 41.4 Å². The lowest BCUT2D eigenvalue weighted by Crippen LogP contribution is -2.12. The molecule has 0 aliphatic carbocycles. The van der Waals surface area contributed by atoms with E-state index in [-0.39, 0.29) is 0 Å². The molecule has 1 heterocycles. The van der Waals surface area contributed by atoms with Crippen LogP contribution in [0.4, 0.5) is 0 Å². The summed E-state index contributed by atoms with van der Waals surface area (Å²) in [7, 11) is 0. The fourth-order valence-corrected chi connectivity index (χ4v) is 2.30. The number of nitrogens with zero attached hydrogens (tertiary/aromatic N) is 2. The molecule has 4 nitrogen and oxygen atoms in total. The van der Waals surface area contributed by atoms with Crippen molar-refractivity contribution in [3.8, 4) is 11.5 Å². The summed E-state index contributed by atoms with van der Waals surface area (Å²) < 4.78 is 5.64. The Labute approximate surface area is 134 Å². The smallest absolute Gasteiger partial charge is 0.247 e. The quantitative estimate of drug-likeness (QED) is 0.774. The molecule has 3 aromatic rings. The van der Waals surface area contributed by atoms with E-state index in [0.29, 0.717) is 23.3 Å². The Morgan fingerprint density at radius 3 is 2.64 bits per heavy atom. The van der Waals surface area contributed by atoms with Crippen molar-refractivity contribution in [2.24, 2.45) is 0 Å². The summed E-state index contributed by atoms with van der Waals surface area (Å²) in [4.78, 5) is 0. The number of halogens is 1. The zero-order chi connectivity index (χ0) is 15.4. The monoisotopic (exact) mass is 313 g/mol. The number of rotatable bonds is 5. The van der Waals surface area contributed by atoms with E-state index in [1.807, 2.05) is 12.1 Å². The first kappa shape index (κ1) is 14.8. The van der Waals surface area contributed by atoms with E-state index >= 15 is 0 Å². The Balaban J connectivity index is 1.59. The van der Waals surface area contributed by atoms with Crippen LogP contribution in [0.15, 0.2) is 52.9 Å². The number of hydrogen-bond donors (Lipinski definition) is 1. The van der Waals surface area contributed by atoms with Gasteiger partial charge in [0.1, 0.15) is 0 Å². The van der Waals surface area contributed by atoms with Gasteiger partial charge in [0.15, 0.2) is 0 Å². The predicted molar refractivity (Wildman–Crippen MR) is 86.5 cm³/mol. The van der Waals surface area contributed by atoms with Crippen LogP contribution in [-0.2, 0) is 13.1 Å². The SMILES string of the molecule is Cc1cccc(CNCc2nnc(-c3ccc(Cl)cc3)o2)c1. The number of nitrogens with one attached hydrogen (secondary N) is 1. The molecule has 0 amide bonds. The summed E-state index contributed by atoms with van der Waals surface area (Å²) in [5.74, 6) is 1.07. The van der Waals surface area contributed by atoms with E-state index < -0.39 is 0 Å². The Morgan fingerprint density at radius 2 is 1.86 bits per heavy atom. The van der Waals surface area contributed by atoms with Crippen LogP contribution in [0.5, 0.6) is 0 Å². The summed E-state index contributed by atoms with van der Waals surface area (Å²) >= 11 is 5.87. The third kappa shape index (κ3) is 3.72. The van der Waals surface area contributed by atoms with Gasteiger partial charge in [0.25, 0.3) is 0 Å². The Bertz CT molecular complexity index is 753. The van der Waals surface area contributed by atoms with Crippen LogP contribution in [0.2, 0.25) is 5.02 Å². The number of aryl methyl sites for hydroxylation is 1. The molecule has 0 unspecified atom stereocenters. The van der Waals surface area contributed by atoms with E-state index in [1.165, 1.54) is 11.1 Å². The second-order valence-electron chi connectivity index (χ2n) is 5.10. The van der Waals surface area contributed by atoms with Gasteiger partial charge in [0.2, 0.25) is 11.8 Å². The fourth-order valence-electron chi connectivity index (χ4n) is 2.17. The van der Waals surface area contributed by atoms with Crippen molar-refractivity contribution in [2.75, 3.05) is 0 Å². The van der Waals surface area contributed by atoms with E-state index in [2.05, 4.69) is 46.7 Å². The highest BCUT2D eigenvalue weighted by atomic mass is 35.5. The van der Waals surface area contributed by atoms with E-state index in [4.69, 9.17) is 16.0 Å². The minimum Gasteiger partial charge on any atom is -0.419 e. The lowest BCUT2D eigenvalue weighted by atomic mass is 10.1. The molecule has 1 N–H and O–H groups in total. The van der Waals surface area contributed by atoms with Crippen molar-refractivity contribution in [1.29, 1.82) is 0 Å². The maximum absolute atomic E-state index is 5.87. The molecule has 5 heteroatoms. The lowest BCUT2D eigenvalue weighted by Gasteiger charge is -2.03. The van der Waals surface area contributed by atoms with Gasteiger partial charge in [-0.15, -0.1) is 10.2 Å². The second-order valence-corrected chi connectivity index (χ2v) is 5.54. The maximum Gasteiger partial charge on any atom is 0.247 e. The Morgan fingerprint density at radius 1 is 1.05 bits per heavy atom. The summed E-state index contributed by atoms with van der Waals surface area (Å²) in [6.07, 6.45) is 0. The maximum atomic E-state index is 5.87. The molecule has 1 aromatic heterocycles. The number of aromatic nitrogens is 2. The Hall–Kier alpha value is -2.17. The van der Waals surface area contributed by atoms with Crippen LogP contribution < -0.4 is 5.32 Å². The normalized spacial score (nSPS) is 10.8. The molecule has 0 bridgehead atoms. The van der Waals surface area contributed by atoms with E-state index in [0.717, 1.165) is 12.1 Å². The molecule has 0 saturated carbocycles. The molecule has 0 aliphatic rings. The first-order chi connectivity index (χ1) is 10.7. The summed E-state index contributed by atoms with van der Waals surface area (Å²) in [5.41, 5.74) is 3.35. The molecule has 2 aromatic carbocycles. The molecule has 22 heavy (non-hydrogen) atoms. The highest BCUT2D eigenvalue weighted by molar-refractivity contribution is 6.30. The number of hydrogen-bond acceptors (Lipinski definition) is 4. The van der Waals surface area contributed by atoms with Crippen LogP contribution in [-0.4, -0.2) is 10.2 Å². The average Bonchev–Trinajstić information content (AvgIpc) is 2.97. The van der Waals surface area contributed by atoms with Gasteiger partial charge in [-0.25, -0.2) is 0 Å². The van der Waals surface area contributed by atoms with Crippen LogP contribution in [0.3, 0.4) is 0 Å². The van der Waals surface area contributed by atoms with Crippen molar-refractivity contribution < 1.29 is 4.42 Å². The highest BCUT2D eigenvalue weighted by Gasteiger charge is 2.08. The van der Waals surface area contributed by atoms with Crippen molar-refractivity contribution >= 4 is 11.6 Å². The molecule has 0 saturated heterocycles. The molecular formula is C17H16ClN3O. The van der Waals surface area contributed by atoms with Crippen molar-refractivity contribution in [2.45, 2.75) is 20.0 Å². The molecule has 0 aliphatic heterocycles. The molecular weight excluding hydrogens is 298 g/mol. The third-order valence-electron chi connectivity index (χ3n) is 3.25. The topological polar surface area (TPSA) is 51.0 Å². The summed E-state index contributed by atoms with van der Waals surface area (Å²) in [6.45, 7) is 3.38. The second kappa shape index (κ2) is 6.73. The van der Waals surface area contributed by atoms with Crippen molar-refractivity contribution in [3.63, 3.8) is 0 Å². The van der Waals surface area contributed by atoms with Crippen LogP contribution in [0.1, 0.15) is 17.0 Å². The summed E-state index contributed by atoms with van der Waals surface area (Å²) in [5, 5.41) is 12.1. The van der Waals surface area contributed by atoms with Crippen molar-refractivity contribution in [1.82, 2.24) is 15.5 Å². The molecule has 0 atom stereocenters. The third-order valence-corrected chi connectivity index (χ3v) is 3.50. The van der Waals surface area contributed by atoms with Crippen LogP contribution >= 0.6 is 11.6 Å². The minimum atomic E-state index is 0.504. The zero-order valence-corrected chi connectivity index (χ0v) is 13.0. The zero-order valence-electron chi connectivity index (χ0n) is 12.2. The molecule has 0 spiro atoms. The molecule has 0 fully saturated rings. The largest absolute Gasteiger partial charge is 0.419 e. The van der Waals surface area contributed by atoms with Gasteiger partial charge in [0.05, 0.1) is 6.54 Å². The van der Waals surface area contributed by atoms with Gasteiger partial charge >= 0.3 is 0 Å². The van der Waals surface area contributed by atoms with E-state index in [1.54, 1.807) is 12.1 Å². The standard InChI is InChI=1S/C17H16ClN3O/c1-12-3-2-4-13(9-12)10-19-11-16-20-21-17(22-16)14-5-7-15(18)8-6-14/h2-9,19H,10-11H2,1H3. The molecule has 3 rings (SSSR count). The molecule has 0 radical (unpaired) electrons. The predicted octanol–water partition coefficient (Wildman–Crippen LogP) is 3.99. The molecule has 112 valence electrons. The highest BCUT2D eigenvalue weighted by Crippen LogP contribution is 2.20. The van der Waals surface area contributed by atoms with Gasteiger partial charge in [-0.2, -0.15) is 0 Å². The van der Waals surface area contributed by atoms with Crippen LogP contribution in [0.25, 0.3) is 11.5 Å².